The van der Waals surface area contributed by atoms with E-state index in [4.69, 9.17) is 11.6 Å². The monoisotopic (exact) mass is 327 g/mol. The molecule has 4 heteroatoms. The summed E-state index contributed by atoms with van der Waals surface area (Å²) in [5, 5.41) is 20.6. The van der Waals surface area contributed by atoms with Crippen LogP contribution >= 0.6 is 27.5 Å². The van der Waals surface area contributed by atoms with E-state index >= 15 is 0 Å². The lowest BCUT2D eigenvalue weighted by Crippen LogP contribution is -2.30. The Bertz CT molecular complexity index is 477. The van der Waals surface area contributed by atoms with E-state index in [1.54, 1.807) is 12.1 Å². The van der Waals surface area contributed by atoms with E-state index in [1.807, 2.05) is 6.07 Å². The quantitative estimate of drug-likeness (QED) is 0.861. The number of hydrogen-bond donors (Lipinski definition) is 1. The molecule has 1 N–H and O–H groups in total. The standard InChI is InChI=1S/C14H15BrClNO/c15-12-5-4-10(16)8-11(12)13(18)14(9-17)6-2-1-3-7-14/h4-5,8,13,18H,1-3,6-7H2. The fourth-order valence-corrected chi connectivity index (χ4v) is 3.29. The van der Waals surface area contributed by atoms with Gasteiger partial charge in [-0.2, -0.15) is 5.26 Å². The van der Waals surface area contributed by atoms with Crippen LogP contribution in [-0.2, 0) is 0 Å². The molecule has 0 heterocycles. The molecular formula is C14H15BrClNO. The van der Waals surface area contributed by atoms with Crippen LogP contribution in [0.15, 0.2) is 22.7 Å². The van der Waals surface area contributed by atoms with Crippen LogP contribution in [0.4, 0.5) is 0 Å². The largest absolute Gasteiger partial charge is 0.387 e. The van der Waals surface area contributed by atoms with Gasteiger partial charge < -0.3 is 5.11 Å². The molecule has 1 saturated carbocycles. The average Bonchev–Trinajstić information content (AvgIpc) is 2.41. The van der Waals surface area contributed by atoms with Gasteiger partial charge in [-0.05, 0) is 36.6 Å². The number of nitrogens with zero attached hydrogens (tertiary/aromatic N) is 1. The van der Waals surface area contributed by atoms with Crippen molar-refractivity contribution in [2.75, 3.05) is 0 Å². The van der Waals surface area contributed by atoms with Gasteiger partial charge in [0, 0.05) is 9.50 Å². The Hall–Kier alpha value is -0.560. The van der Waals surface area contributed by atoms with Crippen molar-refractivity contribution in [2.45, 2.75) is 38.2 Å². The summed E-state index contributed by atoms with van der Waals surface area (Å²) in [6.07, 6.45) is 3.88. The van der Waals surface area contributed by atoms with E-state index in [0.717, 1.165) is 36.6 Å². The number of nitriles is 1. The van der Waals surface area contributed by atoms with Gasteiger partial charge in [0.2, 0.25) is 0 Å². The molecule has 2 rings (SSSR count). The van der Waals surface area contributed by atoms with Crippen LogP contribution in [0, 0.1) is 16.7 Å². The molecule has 1 aromatic carbocycles. The van der Waals surface area contributed by atoms with Crippen molar-refractivity contribution < 1.29 is 5.11 Å². The van der Waals surface area contributed by atoms with Crippen molar-refractivity contribution in [3.63, 3.8) is 0 Å². The highest BCUT2D eigenvalue weighted by Gasteiger charge is 2.40. The van der Waals surface area contributed by atoms with Gasteiger partial charge in [-0.25, -0.2) is 0 Å². The lowest BCUT2D eigenvalue weighted by molar-refractivity contribution is 0.0355. The van der Waals surface area contributed by atoms with Gasteiger partial charge >= 0.3 is 0 Å². The van der Waals surface area contributed by atoms with Crippen LogP contribution in [0.25, 0.3) is 0 Å². The molecule has 0 saturated heterocycles. The fraction of sp³-hybridized carbons (Fsp3) is 0.500. The van der Waals surface area contributed by atoms with Crippen LogP contribution in [0.1, 0.15) is 43.8 Å². The van der Waals surface area contributed by atoms with Crippen LogP contribution in [0.2, 0.25) is 5.02 Å². The lowest BCUT2D eigenvalue weighted by atomic mass is 9.69. The van der Waals surface area contributed by atoms with E-state index in [2.05, 4.69) is 22.0 Å². The Morgan fingerprint density at radius 2 is 2.00 bits per heavy atom. The van der Waals surface area contributed by atoms with E-state index < -0.39 is 11.5 Å². The van der Waals surface area contributed by atoms with Crippen molar-refractivity contribution in [3.8, 4) is 6.07 Å². The van der Waals surface area contributed by atoms with Crippen molar-refractivity contribution >= 4 is 27.5 Å². The van der Waals surface area contributed by atoms with Crippen molar-refractivity contribution in [1.29, 1.82) is 5.26 Å². The van der Waals surface area contributed by atoms with Crippen LogP contribution in [0.5, 0.6) is 0 Å². The Balaban J connectivity index is 2.37. The molecule has 1 aliphatic rings. The predicted molar refractivity (Wildman–Crippen MR) is 75.2 cm³/mol. The van der Waals surface area contributed by atoms with Crippen molar-refractivity contribution in [1.82, 2.24) is 0 Å². The Kier molecular flexibility index (Phi) is 4.32. The van der Waals surface area contributed by atoms with Crippen LogP contribution < -0.4 is 0 Å². The summed E-state index contributed by atoms with van der Waals surface area (Å²) in [4.78, 5) is 0. The van der Waals surface area contributed by atoms with E-state index in [1.165, 1.54) is 0 Å². The highest BCUT2D eigenvalue weighted by Crippen LogP contribution is 2.47. The summed E-state index contributed by atoms with van der Waals surface area (Å²) in [5.41, 5.74) is 0.0526. The van der Waals surface area contributed by atoms with Crippen molar-refractivity contribution in [3.05, 3.63) is 33.3 Å². The highest BCUT2D eigenvalue weighted by atomic mass is 79.9. The summed E-state index contributed by atoms with van der Waals surface area (Å²) in [6, 6.07) is 7.67. The number of benzene rings is 1. The first kappa shape index (κ1) is 13.9. The maximum atomic E-state index is 10.6. The number of aliphatic hydroxyl groups excluding tert-OH is 1. The number of halogens is 2. The number of rotatable bonds is 2. The van der Waals surface area contributed by atoms with Gasteiger partial charge in [0.05, 0.1) is 17.6 Å². The normalized spacial score (nSPS) is 20.1. The predicted octanol–water partition coefficient (Wildman–Crippen LogP) is 4.61. The molecule has 96 valence electrons. The van der Waals surface area contributed by atoms with E-state index in [0.29, 0.717) is 10.6 Å². The minimum absolute atomic E-state index is 0.580. The van der Waals surface area contributed by atoms with Gasteiger partial charge in [0.15, 0.2) is 0 Å². The van der Waals surface area contributed by atoms with Crippen LogP contribution in [-0.4, -0.2) is 5.11 Å². The molecule has 2 nitrogen and oxygen atoms in total. The molecule has 1 fully saturated rings. The molecular weight excluding hydrogens is 314 g/mol. The third kappa shape index (κ3) is 2.56. The zero-order valence-electron chi connectivity index (χ0n) is 10.00. The molecule has 0 bridgehead atoms. The molecule has 1 aliphatic carbocycles. The van der Waals surface area contributed by atoms with Gasteiger partial charge in [0.25, 0.3) is 0 Å². The molecule has 0 aromatic heterocycles. The van der Waals surface area contributed by atoms with Crippen molar-refractivity contribution in [2.24, 2.45) is 5.41 Å². The summed E-state index contributed by atoms with van der Waals surface area (Å²) < 4.78 is 0.805. The Labute approximate surface area is 121 Å². The second kappa shape index (κ2) is 5.61. The summed E-state index contributed by atoms with van der Waals surface area (Å²) in [5.74, 6) is 0. The minimum Gasteiger partial charge on any atom is -0.387 e. The SMILES string of the molecule is N#CC1(C(O)c2cc(Cl)ccc2Br)CCCCC1. The first-order chi connectivity index (χ1) is 8.59. The molecule has 0 amide bonds. The molecule has 0 radical (unpaired) electrons. The van der Waals surface area contributed by atoms with E-state index in [9.17, 15) is 10.4 Å². The van der Waals surface area contributed by atoms with Crippen LogP contribution in [0.3, 0.4) is 0 Å². The molecule has 0 spiro atoms. The number of hydrogen-bond acceptors (Lipinski definition) is 2. The third-order valence-corrected chi connectivity index (χ3v) is 4.70. The first-order valence-corrected chi connectivity index (χ1v) is 7.30. The average molecular weight is 329 g/mol. The Morgan fingerprint density at radius 3 is 2.61 bits per heavy atom. The molecule has 1 unspecified atom stereocenters. The first-order valence-electron chi connectivity index (χ1n) is 6.13. The van der Waals surface area contributed by atoms with E-state index in [-0.39, 0.29) is 0 Å². The summed E-state index contributed by atoms with van der Waals surface area (Å²) in [7, 11) is 0. The molecule has 18 heavy (non-hydrogen) atoms. The van der Waals surface area contributed by atoms with Gasteiger partial charge in [0.1, 0.15) is 0 Å². The summed E-state index contributed by atoms with van der Waals surface area (Å²) in [6.45, 7) is 0. The smallest absolute Gasteiger partial charge is 0.0987 e. The maximum Gasteiger partial charge on any atom is 0.0987 e. The minimum atomic E-state index is -0.782. The number of aliphatic hydroxyl groups is 1. The lowest BCUT2D eigenvalue weighted by Gasteiger charge is -2.35. The topological polar surface area (TPSA) is 44.0 Å². The zero-order chi connectivity index (χ0) is 13.2. The fourth-order valence-electron chi connectivity index (χ4n) is 2.65. The maximum absolute atomic E-state index is 10.6. The second-order valence-electron chi connectivity index (χ2n) is 4.90. The molecule has 1 aromatic rings. The summed E-state index contributed by atoms with van der Waals surface area (Å²) >= 11 is 9.40. The van der Waals surface area contributed by atoms with Gasteiger partial charge in [-0.1, -0.05) is 46.8 Å². The van der Waals surface area contributed by atoms with Gasteiger partial charge in [-0.15, -0.1) is 0 Å². The molecule has 0 aliphatic heterocycles. The van der Waals surface area contributed by atoms with Gasteiger partial charge in [-0.3, -0.25) is 0 Å². The highest BCUT2D eigenvalue weighted by molar-refractivity contribution is 9.10. The third-order valence-electron chi connectivity index (χ3n) is 3.74. The second-order valence-corrected chi connectivity index (χ2v) is 6.19. The molecule has 1 atom stereocenters. The Morgan fingerprint density at radius 1 is 1.33 bits per heavy atom. The zero-order valence-corrected chi connectivity index (χ0v) is 12.3.